The van der Waals surface area contributed by atoms with E-state index in [1.807, 2.05) is 36.4 Å². The van der Waals surface area contributed by atoms with Gasteiger partial charge < -0.3 is 21.3 Å². The minimum Gasteiger partial charge on any atom is -0.397 e. The number of nitrogens with two attached hydrogens (primary N) is 1. The number of carbonyl (C=O) groups excluding carboxylic acids is 1. The normalized spacial score (nSPS) is 15.5. The van der Waals surface area contributed by atoms with Crippen molar-refractivity contribution in [1.82, 2.24) is 9.97 Å². The van der Waals surface area contributed by atoms with Gasteiger partial charge in [-0.15, -0.1) is 0 Å². The molecule has 1 saturated heterocycles. The van der Waals surface area contributed by atoms with Gasteiger partial charge in [0, 0.05) is 54.4 Å². The highest BCUT2D eigenvalue weighted by atomic mass is 16.1. The molecule has 0 saturated carbocycles. The van der Waals surface area contributed by atoms with Crippen LogP contribution in [0.15, 0.2) is 60.6 Å². The lowest BCUT2D eigenvalue weighted by Gasteiger charge is -2.27. The van der Waals surface area contributed by atoms with Crippen LogP contribution >= 0.6 is 0 Å². The Bertz CT molecular complexity index is 1230. The molecule has 0 spiro atoms. The van der Waals surface area contributed by atoms with Crippen LogP contribution in [0.2, 0.25) is 0 Å². The van der Waals surface area contributed by atoms with Gasteiger partial charge >= 0.3 is 0 Å². The minimum absolute atomic E-state index is 0.116. The van der Waals surface area contributed by atoms with Crippen molar-refractivity contribution >= 4 is 34.4 Å². The number of piperidine rings is 1. The molecule has 7 heteroatoms. The van der Waals surface area contributed by atoms with Gasteiger partial charge in [0.2, 0.25) is 0 Å². The molecule has 0 aliphatic carbocycles. The molecule has 0 bridgehead atoms. The molecule has 2 aliphatic heterocycles. The summed E-state index contributed by atoms with van der Waals surface area (Å²) in [5.41, 5.74) is 12.8. The molecule has 3 aromatic rings. The standard InChI is InChI=1S/C27H30N6O/c1-2-18-15-30-24-8-6-19(20-12-21(28)16-29-14-20)13-23(24)26(18)27(34)32-22-7-9-25(31-17-22)33-10-4-3-5-11-33/h6-9,12-14,16-17,30H,2-5,10-11,15,28H2,1H3,(H,32,34). The second-order valence-electron chi connectivity index (χ2n) is 8.86. The van der Waals surface area contributed by atoms with Crippen molar-refractivity contribution in [3.05, 3.63) is 66.1 Å². The molecule has 4 N–H and O–H groups in total. The third kappa shape index (κ3) is 4.46. The topological polar surface area (TPSA) is 96.2 Å². The summed E-state index contributed by atoms with van der Waals surface area (Å²) in [6.07, 6.45) is 9.64. The number of nitrogens with zero attached hydrogens (tertiary/aromatic N) is 3. The van der Waals surface area contributed by atoms with Gasteiger partial charge in [0.05, 0.1) is 17.6 Å². The molecule has 174 valence electrons. The number of rotatable bonds is 5. The first kappa shape index (κ1) is 21.9. The van der Waals surface area contributed by atoms with Crippen LogP contribution in [0.1, 0.15) is 38.2 Å². The number of hydrogen-bond acceptors (Lipinski definition) is 6. The highest BCUT2D eigenvalue weighted by Gasteiger charge is 2.24. The number of fused-ring (bicyclic) bond motifs is 1. The molecule has 0 radical (unpaired) electrons. The Hall–Kier alpha value is -3.87. The maximum Gasteiger partial charge on any atom is 0.256 e. The zero-order chi connectivity index (χ0) is 23.5. The maximum absolute atomic E-state index is 13.5. The fourth-order valence-corrected chi connectivity index (χ4v) is 4.73. The smallest absolute Gasteiger partial charge is 0.256 e. The second-order valence-corrected chi connectivity index (χ2v) is 8.86. The van der Waals surface area contributed by atoms with Crippen LogP contribution in [-0.2, 0) is 4.79 Å². The molecule has 1 amide bonds. The average Bonchev–Trinajstić information content (AvgIpc) is 2.88. The predicted molar refractivity (Wildman–Crippen MR) is 139 cm³/mol. The van der Waals surface area contributed by atoms with Gasteiger partial charge in [-0.1, -0.05) is 13.0 Å². The van der Waals surface area contributed by atoms with Crippen molar-refractivity contribution in [2.24, 2.45) is 0 Å². The van der Waals surface area contributed by atoms with E-state index in [-0.39, 0.29) is 5.91 Å². The van der Waals surface area contributed by atoms with E-state index in [9.17, 15) is 4.79 Å². The number of nitrogen functional groups attached to an aromatic ring is 1. The van der Waals surface area contributed by atoms with Crippen molar-refractivity contribution in [3.8, 4) is 11.1 Å². The zero-order valence-corrected chi connectivity index (χ0v) is 19.5. The molecule has 5 rings (SSSR count). The lowest BCUT2D eigenvalue weighted by Crippen LogP contribution is -2.30. The Balaban J connectivity index is 1.42. The van der Waals surface area contributed by atoms with Crippen LogP contribution in [0.5, 0.6) is 0 Å². The van der Waals surface area contributed by atoms with E-state index in [0.29, 0.717) is 17.9 Å². The molecule has 1 fully saturated rings. The maximum atomic E-state index is 13.5. The van der Waals surface area contributed by atoms with Gasteiger partial charge in [-0.05, 0) is 67.2 Å². The fraction of sp³-hybridized carbons (Fsp3) is 0.296. The predicted octanol–water partition coefficient (Wildman–Crippen LogP) is 4.94. The molecule has 34 heavy (non-hydrogen) atoms. The van der Waals surface area contributed by atoms with Gasteiger partial charge in [0.15, 0.2) is 0 Å². The van der Waals surface area contributed by atoms with Gasteiger partial charge in [-0.25, -0.2) is 4.98 Å². The van der Waals surface area contributed by atoms with E-state index >= 15 is 0 Å². The minimum atomic E-state index is -0.116. The average molecular weight is 455 g/mol. The molecule has 7 nitrogen and oxygen atoms in total. The third-order valence-corrected chi connectivity index (χ3v) is 6.57. The molecule has 0 unspecified atom stereocenters. The van der Waals surface area contributed by atoms with E-state index < -0.39 is 0 Å². The van der Waals surface area contributed by atoms with Crippen LogP contribution in [0, 0.1) is 0 Å². The SMILES string of the molecule is CCC1=C(C(=O)Nc2ccc(N3CCCCC3)nc2)c2cc(-c3cncc(N)c3)ccc2NC1. The number of hydrogen-bond donors (Lipinski definition) is 3. The molecule has 0 atom stereocenters. The van der Waals surface area contributed by atoms with E-state index in [4.69, 9.17) is 5.73 Å². The molecule has 1 aromatic carbocycles. The molecule has 2 aromatic heterocycles. The number of aromatic nitrogens is 2. The molecule has 4 heterocycles. The molecule has 2 aliphatic rings. The van der Waals surface area contributed by atoms with Gasteiger partial charge in [0.25, 0.3) is 5.91 Å². The van der Waals surface area contributed by atoms with Gasteiger partial charge in [-0.2, -0.15) is 0 Å². The van der Waals surface area contributed by atoms with Crippen LogP contribution in [0.3, 0.4) is 0 Å². The Morgan fingerprint density at radius 2 is 1.91 bits per heavy atom. The first-order chi connectivity index (χ1) is 16.6. The number of anilines is 4. The zero-order valence-electron chi connectivity index (χ0n) is 19.5. The first-order valence-corrected chi connectivity index (χ1v) is 12.0. The number of benzene rings is 1. The van der Waals surface area contributed by atoms with Crippen molar-refractivity contribution in [3.63, 3.8) is 0 Å². The van der Waals surface area contributed by atoms with Crippen molar-refractivity contribution in [2.45, 2.75) is 32.6 Å². The lowest BCUT2D eigenvalue weighted by atomic mass is 9.90. The Morgan fingerprint density at radius 3 is 2.65 bits per heavy atom. The van der Waals surface area contributed by atoms with Crippen LogP contribution < -0.4 is 21.3 Å². The number of pyridine rings is 2. The van der Waals surface area contributed by atoms with E-state index in [1.54, 1.807) is 18.6 Å². The van der Waals surface area contributed by atoms with E-state index in [2.05, 4.69) is 32.4 Å². The van der Waals surface area contributed by atoms with E-state index in [1.165, 1.54) is 19.3 Å². The van der Waals surface area contributed by atoms with Crippen LogP contribution in [-0.4, -0.2) is 35.5 Å². The molecular formula is C27H30N6O. The summed E-state index contributed by atoms with van der Waals surface area (Å²) in [6, 6.07) is 11.9. The van der Waals surface area contributed by atoms with Crippen molar-refractivity contribution in [1.29, 1.82) is 0 Å². The van der Waals surface area contributed by atoms with Crippen molar-refractivity contribution in [2.75, 3.05) is 40.9 Å². The Kier molecular flexibility index (Phi) is 6.16. The highest BCUT2D eigenvalue weighted by Crippen LogP contribution is 2.36. The fourth-order valence-electron chi connectivity index (χ4n) is 4.73. The first-order valence-electron chi connectivity index (χ1n) is 12.0. The lowest BCUT2D eigenvalue weighted by molar-refractivity contribution is -0.111. The summed E-state index contributed by atoms with van der Waals surface area (Å²) >= 11 is 0. The third-order valence-electron chi connectivity index (χ3n) is 6.57. The summed E-state index contributed by atoms with van der Waals surface area (Å²) in [7, 11) is 0. The summed E-state index contributed by atoms with van der Waals surface area (Å²) in [5, 5.41) is 6.53. The molecular weight excluding hydrogens is 424 g/mol. The summed E-state index contributed by atoms with van der Waals surface area (Å²) in [4.78, 5) is 24.7. The summed E-state index contributed by atoms with van der Waals surface area (Å²) < 4.78 is 0. The highest BCUT2D eigenvalue weighted by molar-refractivity contribution is 6.28. The van der Waals surface area contributed by atoms with Crippen molar-refractivity contribution < 1.29 is 4.79 Å². The summed E-state index contributed by atoms with van der Waals surface area (Å²) in [5.74, 6) is 0.855. The summed E-state index contributed by atoms with van der Waals surface area (Å²) in [6.45, 7) is 4.81. The van der Waals surface area contributed by atoms with Gasteiger partial charge in [0.1, 0.15) is 5.82 Å². The second kappa shape index (κ2) is 9.55. The van der Waals surface area contributed by atoms with Crippen LogP contribution in [0.25, 0.3) is 16.7 Å². The monoisotopic (exact) mass is 454 g/mol. The number of carbonyl (C=O) groups is 1. The van der Waals surface area contributed by atoms with Crippen LogP contribution in [0.4, 0.5) is 22.9 Å². The van der Waals surface area contributed by atoms with Gasteiger partial charge in [-0.3, -0.25) is 9.78 Å². The Labute approximate surface area is 200 Å². The Morgan fingerprint density at radius 1 is 1.06 bits per heavy atom. The largest absolute Gasteiger partial charge is 0.397 e. The quantitative estimate of drug-likeness (QED) is 0.505. The van der Waals surface area contributed by atoms with E-state index in [0.717, 1.165) is 58.9 Å². The number of amides is 1. The number of nitrogens with one attached hydrogen (secondary N) is 2.